The smallest absolute Gasteiger partial charge is 0.394 e. The molecule has 1 atom stereocenters. The lowest BCUT2D eigenvalue weighted by Gasteiger charge is -2.18. The summed E-state index contributed by atoms with van der Waals surface area (Å²) >= 11 is 0. The van der Waals surface area contributed by atoms with Gasteiger partial charge in [0.2, 0.25) is 0 Å². The number of aliphatic hydroxyl groups is 1. The van der Waals surface area contributed by atoms with Crippen LogP contribution in [-0.4, -0.2) is 23.8 Å². The summed E-state index contributed by atoms with van der Waals surface area (Å²) < 4.78 is 38.7. The van der Waals surface area contributed by atoms with Crippen molar-refractivity contribution in [1.29, 1.82) is 0 Å². The molecule has 7 heteroatoms. The van der Waals surface area contributed by atoms with Crippen molar-refractivity contribution < 1.29 is 23.1 Å². The second kappa shape index (κ2) is 7.83. The Morgan fingerprint density at radius 2 is 1.67 bits per heavy atom. The molecular formula is C17H17F3N2O2. The van der Waals surface area contributed by atoms with Crippen LogP contribution >= 0.6 is 0 Å². The van der Waals surface area contributed by atoms with E-state index in [4.69, 9.17) is 0 Å². The molecule has 0 aliphatic carbocycles. The first-order valence-electron chi connectivity index (χ1n) is 7.28. The molecule has 0 aliphatic rings. The second-order valence-corrected chi connectivity index (χ2v) is 5.21. The van der Waals surface area contributed by atoms with Crippen LogP contribution in [0.15, 0.2) is 54.6 Å². The van der Waals surface area contributed by atoms with Crippen molar-refractivity contribution in [2.45, 2.75) is 18.6 Å². The SMILES string of the molecule is O=C(Nc1ccccc1C(F)(F)F)NC(CO)Cc1ccccc1. The summed E-state index contributed by atoms with van der Waals surface area (Å²) in [6.07, 6.45) is -4.20. The van der Waals surface area contributed by atoms with Gasteiger partial charge in [-0.05, 0) is 24.1 Å². The first-order valence-corrected chi connectivity index (χ1v) is 7.28. The van der Waals surface area contributed by atoms with Crippen LogP contribution in [0.4, 0.5) is 23.7 Å². The monoisotopic (exact) mass is 338 g/mol. The Labute approximate surface area is 137 Å². The largest absolute Gasteiger partial charge is 0.418 e. The van der Waals surface area contributed by atoms with Gasteiger partial charge in [-0.25, -0.2) is 4.79 Å². The van der Waals surface area contributed by atoms with Crippen molar-refractivity contribution >= 4 is 11.7 Å². The molecule has 0 bridgehead atoms. The molecular weight excluding hydrogens is 321 g/mol. The number of carbonyl (C=O) groups excluding carboxylic acids is 1. The van der Waals surface area contributed by atoms with E-state index < -0.39 is 23.8 Å². The van der Waals surface area contributed by atoms with E-state index in [2.05, 4.69) is 10.6 Å². The van der Waals surface area contributed by atoms with Crippen LogP contribution in [0.25, 0.3) is 0 Å². The van der Waals surface area contributed by atoms with Crippen LogP contribution in [0.3, 0.4) is 0 Å². The summed E-state index contributed by atoms with van der Waals surface area (Å²) in [5.41, 5.74) is -0.366. The van der Waals surface area contributed by atoms with Gasteiger partial charge < -0.3 is 15.7 Å². The van der Waals surface area contributed by atoms with Gasteiger partial charge in [-0.15, -0.1) is 0 Å². The maximum Gasteiger partial charge on any atom is 0.418 e. The lowest BCUT2D eigenvalue weighted by Crippen LogP contribution is -2.41. The summed E-state index contributed by atoms with van der Waals surface area (Å²) in [4.78, 5) is 12.0. The second-order valence-electron chi connectivity index (χ2n) is 5.21. The van der Waals surface area contributed by atoms with E-state index in [9.17, 15) is 23.1 Å². The minimum atomic E-state index is -4.57. The minimum absolute atomic E-state index is 0.330. The molecule has 2 aromatic rings. The van der Waals surface area contributed by atoms with Gasteiger partial charge in [-0.1, -0.05) is 42.5 Å². The van der Waals surface area contributed by atoms with E-state index in [0.29, 0.717) is 6.42 Å². The van der Waals surface area contributed by atoms with Crippen molar-refractivity contribution in [3.63, 3.8) is 0 Å². The number of para-hydroxylation sites is 1. The van der Waals surface area contributed by atoms with Gasteiger partial charge in [0.25, 0.3) is 0 Å². The number of hydrogen-bond acceptors (Lipinski definition) is 2. The van der Waals surface area contributed by atoms with Crippen molar-refractivity contribution in [3.05, 3.63) is 65.7 Å². The highest BCUT2D eigenvalue weighted by Gasteiger charge is 2.33. The highest BCUT2D eigenvalue weighted by Crippen LogP contribution is 2.34. The van der Waals surface area contributed by atoms with Crippen molar-refractivity contribution in [2.24, 2.45) is 0 Å². The van der Waals surface area contributed by atoms with Crippen LogP contribution in [0, 0.1) is 0 Å². The number of benzene rings is 2. The molecule has 2 rings (SSSR count). The molecule has 0 fully saturated rings. The van der Waals surface area contributed by atoms with Crippen LogP contribution in [0.1, 0.15) is 11.1 Å². The standard InChI is InChI=1S/C17H17F3N2O2/c18-17(19,20)14-8-4-5-9-15(14)22-16(24)21-13(11-23)10-12-6-2-1-3-7-12/h1-9,13,23H,10-11H2,(H2,21,22,24). The summed E-state index contributed by atoms with van der Waals surface area (Å²) in [6, 6.07) is 12.5. The van der Waals surface area contributed by atoms with Crippen LogP contribution in [-0.2, 0) is 12.6 Å². The third kappa shape index (κ3) is 4.99. The lowest BCUT2D eigenvalue weighted by atomic mass is 10.1. The number of halogens is 3. The Morgan fingerprint density at radius 3 is 2.29 bits per heavy atom. The zero-order valence-electron chi connectivity index (χ0n) is 12.7. The number of amides is 2. The number of rotatable bonds is 5. The molecule has 128 valence electrons. The van der Waals surface area contributed by atoms with Crippen molar-refractivity contribution in [2.75, 3.05) is 11.9 Å². The highest BCUT2D eigenvalue weighted by molar-refractivity contribution is 5.90. The molecule has 0 heterocycles. The fourth-order valence-corrected chi connectivity index (χ4v) is 2.24. The molecule has 0 aromatic heterocycles. The topological polar surface area (TPSA) is 61.4 Å². The quantitative estimate of drug-likeness (QED) is 0.782. The molecule has 24 heavy (non-hydrogen) atoms. The molecule has 0 saturated heterocycles. The number of carbonyl (C=O) groups is 1. The number of urea groups is 1. The molecule has 0 aliphatic heterocycles. The van der Waals surface area contributed by atoms with Gasteiger partial charge >= 0.3 is 12.2 Å². The van der Waals surface area contributed by atoms with E-state index in [-0.39, 0.29) is 12.3 Å². The van der Waals surface area contributed by atoms with E-state index >= 15 is 0 Å². The van der Waals surface area contributed by atoms with E-state index in [1.165, 1.54) is 18.2 Å². The number of anilines is 1. The molecule has 0 saturated carbocycles. The molecule has 0 spiro atoms. The Hall–Kier alpha value is -2.54. The summed E-state index contributed by atoms with van der Waals surface area (Å²) in [7, 11) is 0. The van der Waals surface area contributed by atoms with Crippen LogP contribution in [0.5, 0.6) is 0 Å². The Kier molecular flexibility index (Phi) is 5.81. The first kappa shape index (κ1) is 17.8. The predicted octanol–water partition coefficient (Wildman–Crippen LogP) is 3.43. The molecule has 1 unspecified atom stereocenters. The first-order chi connectivity index (χ1) is 11.4. The summed E-state index contributed by atoms with van der Waals surface area (Å²) in [5, 5.41) is 14.0. The van der Waals surface area contributed by atoms with Gasteiger partial charge in [0.15, 0.2) is 0 Å². The molecule has 3 N–H and O–H groups in total. The fraction of sp³-hybridized carbons (Fsp3) is 0.235. The number of nitrogens with one attached hydrogen (secondary N) is 2. The zero-order chi connectivity index (χ0) is 17.6. The molecule has 0 radical (unpaired) electrons. The average Bonchev–Trinajstić information content (AvgIpc) is 2.54. The maximum atomic E-state index is 12.9. The predicted molar refractivity (Wildman–Crippen MR) is 84.6 cm³/mol. The zero-order valence-corrected chi connectivity index (χ0v) is 12.7. The fourth-order valence-electron chi connectivity index (χ4n) is 2.24. The Morgan fingerprint density at radius 1 is 1.04 bits per heavy atom. The molecule has 2 aromatic carbocycles. The summed E-state index contributed by atoms with van der Waals surface area (Å²) in [6.45, 7) is -0.330. The van der Waals surface area contributed by atoms with Crippen LogP contribution < -0.4 is 10.6 Å². The molecule has 4 nitrogen and oxygen atoms in total. The van der Waals surface area contributed by atoms with Gasteiger partial charge in [0, 0.05) is 0 Å². The van der Waals surface area contributed by atoms with Crippen LogP contribution in [0.2, 0.25) is 0 Å². The van der Waals surface area contributed by atoms with E-state index in [1.54, 1.807) is 0 Å². The van der Waals surface area contributed by atoms with E-state index in [0.717, 1.165) is 11.6 Å². The Balaban J connectivity index is 2.02. The summed E-state index contributed by atoms with van der Waals surface area (Å²) in [5.74, 6) is 0. The number of aliphatic hydroxyl groups excluding tert-OH is 1. The minimum Gasteiger partial charge on any atom is -0.394 e. The van der Waals surface area contributed by atoms with Gasteiger partial charge in [-0.3, -0.25) is 0 Å². The maximum absolute atomic E-state index is 12.9. The number of hydrogen-bond donors (Lipinski definition) is 3. The van der Waals surface area contributed by atoms with Gasteiger partial charge in [-0.2, -0.15) is 13.2 Å². The molecule has 2 amide bonds. The Bertz CT molecular complexity index is 675. The van der Waals surface area contributed by atoms with Gasteiger partial charge in [0.1, 0.15) is 0 Å². The normalized spacial score (nSPS) is 12.5. The lowest BCUT2D eigenvalue weighted by molar-refractivity contribution is -0.136. The highest BCUT2D eigenvalue weighted by atomic mass is 19.4. The number of alkyl halides is 3. The van der Waals surface area contributed by atoms with Gasteiger partial charge in [0.05, 0.1) is 23.9 Å². The average molecular weight is 338 g/mol. The third-order valence-electron chi connectivity index (χ3n) is 3.36. The third-order valence-corrected chi connectivity index (χ3v) is 3.36. The van der Waals surface area contributed by atoms with Crippen molar-refractivity contribution in [3.8, 4) is 0 Å². The van der Waals surface area contributed by atoms with Crippen molar-refractivity contribution in [1.82, 2.24) is 5.32 Å². The van der Waals surface area contributed by atoms with E-state index in [1.807, 2.05) is 30.3 Å².